The van der Waals surface area contributed by atoms with Crippen LogP contribution < -0.4 is 5.32 Å². The Kier molecular flexibility index (Phi) is 7.50. The van der Waals surface area contributed by atoms with Gasteiger partial charge in [-0.15, -0.1) is 0 Å². The van der Waals surface area contributed by atoms with Gasteiger partial charge in [0.05, 0.1) is 0 Å². The monoisotopic (exact) mass is 280 g/mol. The summed E-state index contributed by atoms with van der Waals surface area (Å²) < 4.78 is 11.2. The molecule has 0 aromatic carbocycles. The topological polar surface area (TPSA) is 33.7 Å². The molecule has 1 rings (SSSR count). The number of quaternary nitrogens is 1. The van der Waals surface area contributed by atoms with Crippen molar-refractivity contribution in [3.8, 4) is 0 Å². The van der Waals surface area contributed by atoms with E-state index in [-0.39, 0.29) is 0 Å². The summed E-state index contributed by atoms with van der Waals surface area (Å²) in [6.07, 6.45) is 9.51. The van der Waals surface area contributed by atoms with Gasteiger partial charge < -0.3 is 0 Å². The molecular formula is C12H26NOSe+. The fourth-order valence-corrected chi connectivity index (χ4v) is 5.33. The number of nitrogens with two attached hydrogens (primary N) is 1. The standard InChI is InChI=1S/C12H25NOSe/c1-2-3-4-5-6-7-9-13-12-8-10-15(14)11-12/h12-13H,2-11H2,1H3/p+1/t12-,15?/m0/s1. The van der Waals surface area contributed by atoms with Gasteiger partial charge >= 0.3 is 98.1 Å². The Morgan fingerprint density at radius 3 is 2.60 bits per heavy atom. The third-order valence-corrected chi connectivity index (χ3v) is 6.30. The Labute approximate surface area is 98.3 Å². The second-order valence-electron chi connectivity index (χ2n) is 4.65. The molecule has 1 fully saturated rings. The summed E-state index contributed by atoms with van der Waals surface area (Å²) in [5, 5.41) is 4.52. The molecule has 2 N–H and O–H groups in total. The van der Waals surface area contributed by atoms with Crippen molar-refractivity contribution >= 4 is 13.8 Å². The first-order valence-corrected chi connectivity index (χ1v) is 9.63. The molecule has 1 saturated heterocycles. The molecule has 2 nitrogen and oxygen atoms in total. The molecule has 1 heterocycles. The molecule has 90 valence electrons. The predicted octanol–water partition coefficient (Wildman–Crippen LogP) is 2.10. The quantitative estimate of drug-likeness (QED) is 0.536. The zero-order valence-electron chi connectivity index (χ0n) is 10.0. The molecule has 3 heteroatoms. The van der Waals surface area contributed by atoms with Crippen LogP contribution in [0.5, 0.6) is 0 Å². The third kappa shape index (κ3) is 6.44. The molecule has 2 atom stereocenters. The maximum absolute atomic E-state index is 11.2. The molecule has 0 radical (unpaired) electrons. The Morgan fingerprint density at radius 2 is 1.93 bits per heavy atom. The van der Waals surface area contributed by atoms with Crippen molar-refractivity contribution in [2.45, 2.75) is 68.5 Å². The van der Waals surface area contributed by atoms with Crippen molar-refractivity contribution in [2.75, 3.05) is 6.54 Å². The Hall–Kier alpha value is 0.279. The van der Waals surface area contributed by atoms with Crippen LogP contribution >= 0.6 is 0 Å². The van der Waals surface area contributed by atoms with Crippen molar-refractivity contribution in [1.29, 1.82) is 0 Å². The van der Waals surface area contributed by atoms with Crippen molar-refractivity contribution in [1.82, 2.24) is 0 Å². The molecule has 15 heavy (non-hydrogen) atoms. The van der Waals surface area contributed by atoms with Crippen LogP contribution in [0.3, 0.4) is 0 Å². The van der Waals surface area contributed by atoms with Crippen LogP contribution in [-0.4, -0.2) is 26.4 Å². The Bertz CT molecular complexity index is 184. The van der Waals surface area contributed by atoms with Gasteiger partial charge in [0.1, 0.15) is 0 Å². The van der Waals surface area contributed by atoms with E-state index in [4.69, 9.17) is 0 Å². The van der Waals surface area contributed by atoms with Crippen LogP contribution in [0.1, 0.15) is 51.9 Å². The van der Waals surface area contributed by atoms with Crippen LogP contribution in [0.2, 0.25) is 10.6 Å². The molecule has 0 aromatic rings. The second kappa shape index (κ2) is 8.43. The summed E-state index contributed by atoms with van der Waals surface area (Å²) in [7, 11) is 0. The predicted molar refractivity (Wildman–Crippen MR) is 64.6 cm³/mol. The Morgan fingerprint density at radius 1 is 1.20 bits per heavy atom. The van der Waals surface area contributed by atoms with Gasteiger partial charge in [0, 0.05) is 0 Å². The summed E-state index contributed by atoms with van der Waals surface area (Å²) >= 11 is -1.34. The van der Waals surface area contributed by atoms with Gasteiger partial charge in [-0.3, -0.25) is 0 Å². The summed E-state index contributed by atoms with van der Waals surface area (Å²) in [4.78, 5) is 0. The van der Waals surface area contributed by atoms with Gasteiger partial charge in [0.2, 0.25) is 0 Å². The number of unbranched alkanes of at least 4 members (excludes halogenated alkanes) is 5. The van der Waals surface area contributed by atoms with E-state index in [1.165, 1.54) is 51.5 Å². The van der Waals surface area contributed by atoms with Gasteiger partial charge in [0.15, 0.2) is 0 Å². The molecule has 0 aliphatic carbocycles. The van der Waals surface area contributed by atoms with E-state index in [1.54, 1.807) is 0 Å². The minimum atomic E-state index is -1.34. The van der Waals surface area contributed by atoms with E-state index in [0.29, 0.717) is 6.04 Å². The van der Waals surface area contributed by atoms with E-state index in [9.17, 15) is 3.83 Å². The Balaban J connectivity index is 1.83. The van der Waals surface area contributed by atoms with E-state index >= 15 is 0 Å². The summed E-state index contributed by atoms with van der Waals surface area (Å²) in [5.41, 5.74) is 0. The van der Waals surface area contributed by atoms with Gasteiger partial charge in [-0.05, 0) is 0 Å². The van der Waals surface area contributed by atoms with Crippen LogP contribution in [0, 0.1) is 0 Å². The molecular weight excluding hydrogens is 253 g/mol. The normalized spacial score (nSPS) is 25.9. The SMILES string of the molecule is CCCCCCCC[NH2+][C@H]1CC[Se](=O)C1. The average molecular weight is 279 g/mol. The summed E-state index contributed by atoms with van der Waals surface area (Å²) in [6.45, 7) is 3.52. The molecule has 1 unspecified atom stereocenters. The minimum absolute atomic E-state index is 0.711. The number of rotatable bonds is 8. The zero-order valence-corrected chi connectivity index (χ0v) is 11.8. The van der Waals surface area contributed by atoms with E-state index in [2.05, 4.69) is 12.2 Å². The van der Waals surface area contributed by atoms with Crippen LogP contribution in [-0.2, 0) is 3.83 Å². The van der Waals surface area contributed by atoms with Crippen LogP contribution in [0.15, 0.2) is 0 Å². The first-order valence-electron chi connectivity index (χ1n) is 6.51. The maximum atomic E-state index is 11.2. The fraction of sp³-hybridized carbons (Fsp3) is 1.00. The molecule has 0 saturated carbocycles. The molecule has 1 aliphatic heterocycles. The number of hydrogen-bond acceptors (Lipinski definition) is 1. The number of hydrogen-bond donors (Lipinski definition) is 1. The van der Waals surface area contributed by atoms with E-state index < -0.39 is 13.8 Å². The zero-order chi connectivity index (χ0) is 10.9. The van der Waals surface area contributed by atoms with E-state index in [0.717, 1.165) is 10.6 Å². The van der Waals surface area contributed by atoms with Crippen molar-refractivity contribution in [3.05, 3.63) is 0 Å². The molecule has 0 aromatic heterocycles. The van der Waals surface area contributed by atoms with Crippen LogP contribution in [0.4, 0.5) is 0 Å². The van der Waals surface area contributed by atoms with E-state index in [1.807, 2.05) is 0 Å². The first kappa shape index (κ1) is 13.3. The summed E-state index contributed by atoms with van der Waals surface area (Å²) in [6, 6.07) is 0.711. The van der Waals surface area contributed by atoms with Crippen molar-refractivity contribution in [2.24, 2.45) is 0 Å². The second-order valence-corrected chi connectivity index (χ2v) is 8.05. The fourth-order valence-electron chi connectivity index (χ4n) is 2.15. The third-order valence-electron chi connectivity index (χ3n) is 3.17. The first-order chi connectivity index (χ1) is 7.33. The van der Waals surface area contributed by atoms with Gasteiger partial charge in [0.25, 0.3) is 0 Å². The molecule has 0 amide bonds. The average Bonchev–Trinajstić information content (AvgIpc) is 2.63. The molecule has 1 aliphatic rings. The van der Waals surface area contributed by atoms with Gasteiger partial charge in [-0.2, -0.15) is 0 Å². The molecule has 0 bridgehead atoms. The van der Waals surface area contributed by atoms with Gasteiger partial charge in [-0.25, -0.2) is 0 Å². The van der Waals surface area contributed by atoms with Crippen LogP contribution in [0.25, 0.3) is 0 Å². The van der Waals surface area contributed by atoms with Crippen molar-refractivity contribution < 1.29 is 9.15 Å². The molecule has 0 spiro atoms. The van der Waals surface area contributed by atoms with Gasteiger partial charge in [-0.1, -0.05) is 0 Å². The summed E-state index contributed by atoms with van der Waals surface area (Å²) in [5.74, 6) is 0. The van der Waals surface area contributed by atoms with Crippen molar-refractivity contribution in [3.63, 3.8) is 0 Å².